The number of rotatable bonds is 3. The Bertz CT molecular complexity index is 448. The maximum atomic E-state index is 4.66. The summed E-state index contributed by atoms with van der Waals surface area (Å²) in [5, 5.41) is 1.23. The van der Waals surface area contributed by atoms with Gasteiger partial charge in [0, 0.05) is 11.1 Å². The molecule has 0 saturated carbocycles. The number of pyridine rings is 1. The van der Waals surface area contributed by atoms with E-state index in [9.17, 15) is 0 Å². The Kier molecular flexibility index (Phi) is 3.00. The zero-order valence-electron chi connectivity index (χ0n) is 9.40. The number of benzene rings is 1. The van der Waals surface area contributed by atoms with Crippen LogP contribution in [0.3, 0.4) is 0 Å². The Morgan fingerprint density at radius 1 is 1.13 bits per heavy atom. The Morgan fingerprint density at radius 3 is 2.73 bits per heavy atom. The van der Waals surface area contributed by atoms with E-state index in [2.05, 4.69) is 49.2 Å². The average Bonchev–Trinajstić information content (AvgIpc) is 2.29. The quantitative estimate of drug-likeness (QED) is 0.732. The molecular weight excluding hydrogens is 182 g/mol. The maximum Gasteiger partial charge on any atom is 0.0705 e. The first-order valence-electron chi connectivity index (χ1n) is 5.64. The molecule has 0 radical (unpaired) electrons. The lowest BCUT2D eigenvalue weighted by atomic mass is 10.0. The van der Waals surface area contributed by atoms with E-state index in [0.717, 1.165) is 17.9 Å². The number of para-hydroxylation sites is 1. The minimum atomic E-state index is 0.721. The Labute approximate surface area is 91.2 Å². The van der Waals surface area contributed by atoms with Crippen LogP contribution in [0.25, 0.3) is 10.9 Å². The minimum Gasteiger partial charge on any atom is -0.253 e. The summed E-state index contributed by atoms with van der Waals surface area (Å²) >= 11 is 0. The first kappa shape index (κ1) is 10.2. The van der Waals surface area contributed by atoms with Gasteiger partial charge >= 0.3 is 0 Å². The van der Waals surface area contributed by atoms with Crippen molar-refractivity contribution in [2.45, 2.75) is 26.7 Å². The molecule has 0 amide bonds. The summed E-state index contributed by atoms with van der Waals surface area (Å²) in [4.78, 5) is 4.66. The molecule has 0 unspecified atom stereocenters. The number of fused-ring (bicyclic) bond motifs is 1. The highest BCUT2D eigenvalue weighted by atomic mass is 14.7. The van der Waals surface area contributed by atoms with Gasteiger partial charge in [-0.2, -0.15) is 0 Å². The number of hydrogen-bond acceptors (Lipinski definition) is 1. The van der Waals surface area contributed by atoms with E-state index < -0.39 is 0 Å². The van der Waals surface area contributed by atoms with Crippen LogP contribution < -0.4 is 0 Å². The van der Waals surface area contributed by atoms with Gasteiger partial charge < -0.3 is 0 Å². The fraction of sp³-hybridized carbons (Fsp3) is 0.357. The van der Waals surface area contributed by atoms with Crippen LogP contribution in [-0.2, 0) is 6.42 Å². The van der Waals surface area contributed by atoms with Crippen molar-refractivity contribution in [3.05, 3.63) is 42.1 Å². The van der Waals surface area contributed by atoms with E-state index in [4.69, 9.17) is 0 Å². The molecular formula is C14H17N. The number of hydrogen-bond donors (Lipinski definition) is 0. The molecule has 0 N–H and O–H groups in total. The average molecular weight is 199 g/mol. The number of nitrogens with zero attached hydrogens (tertiary/aromatic N) is 1. The molecule has 0 spiro atoms. The lowest BCUT2D eigenvalue weighted by molar-refractivity contribution is 0.553. The molecule has 0 saturated heterocycles. The fourth-order valence-electron chi connectivity index (χ4n) is 1.72. The standard InChI is InChI=1S/C14H17N/c1-3-11(2)10-13-9-8-12-6-4-5-7-14(12)15-13/h4-9,11H,3,10H2,1-2H3/t11-/m0/s1. The second kappa shape index (κ2) is 4.43. The van der Waals surface area contributed by atoms with Crippen molar-refractivity contribution < 1.29 is 0 Å². The molecule has 0 aliphatic carbocycles. The topological polar surface area (TPSA) is 12.9 Å². The molecule has 2 aromatic rings. The van der Waals surface area contributed by atoms with Crippen LogP contribution in [-0.4, -0.2) is 4.98 Å². The van der Waals surface area contributed by atoms with Crippen molar-refractivity contribution in [1.29, 1.82) is 0 Å². The van der Waals surface area contributed by atoms with E-state index in [-0.39, 0.29) is 0 Å². The first-order chi connectivity index (χ1) is 7.29. The van der Waals surface area contributed by atoms with Crippen LogP contribution >= 0.6 is 0 Å². The summed E-state index contributed by atoms with van der Waals surface area (Å²) in [5.74, 6) is 0.721. The maximum absolute atomic E-state index is 4.66. The third-order valence-corrected chi connectivity index (χ3v) is 2.91. The van der Waals surface area contributed by atoms with Crippen LogP contribution in [0.15, 0.2) is 36.4 Å². The first-order valence-corrected chi connectivity index (χ1v) is 5.64. The van der Waals surface area contributed by atoms with Crippen molar-refractivity contribution in [1.82, 2.24) is 4.98 Å². The van der Waals surface area contributed by atoms with Crippen molar-refractivity contribution in [2.75, 3.05) is 0 Å². The van der Waals surface area contributed by atoms with Gasteiger partial charge in [-0.05, 0) is 24.5 Å². The highest BCUT2D eigenvalue weighted by molar-refractivity contribution is 5.78. The lowest BCUT2D eigenvalue weighted by Crippen LogP contribution is -1.99. The third-order valence-electron chi connectivity index (χ3n) is 2.91. The van der Waals surface area contributed by atoms with Gasteiger partial charge in [-0.15, -0.1) is 0 Å². The second-order valence-corrected chi connectivity index (χ2v) is 4.21. The zero-order chi connectivity index (χ0) is 10.7. The van der Waals surface area contributed by atoms with Gasteiger partial charge in [0.05, 0.1) is 5.52 Å². The smallest absolute Gasteiger partial charge is 0.0705 e. The Balaban J connectivity index is 2.30. The minimum absolute atomic E-state index is 0.721. The van der Waals surface area contributed by atoms with Gasteiger partial charge in [-0.25, -0.2) is 0 Å². The SMILES string of the molecule is CC[C@H](C)Cc1ccc2ccccc2n1. The summed E-state index contributed by atoms with van der Waals surface area (Å²) in [6, 6.07) is 12.6. The van der Waals surface area contributed by atoms with E-state index >= 15 is 0 Å². The zero-order valence-corrected chi connectivity index (χ0v) is 9.40. The van der Waals surface area contributed by atoms with Crippen LogP contribution in [0.4, 0.5) is 0 Å². The summed E-state index contributed by atoms with van der Waals surface area (Å²) in [5.41, 5.74) is 2.32. The molecule has 0 bridgehead atoms. The Morgan fingerprint density at radius 2 is 1.93 bits per heavy atom. The summed E-state index contributed by atoms with van der Waals surface area (Å²) < 4.78 is 0. The van der Waals surface area contributed by atoms with Crippen molar-refractivity contribution >= 4 is 10.9 Å². The molecule has 1 heteroatoms. The van der Waals surface area contributed by atoms with Crippen LogP contribution in [0.5, 0.6) is 0 Å². The molecule has 2 rings (SSSR count). The van der Waals surface area contributed by atoms with Crippen molar-refractivity contribution in [3.63, 3.8) is 0 Å². The highest BCUT2D eigenvalue weighted by Crippen LogP contribution is 2.15. The lowest BCUT2D eigenvalue weighted by Gasteiger charge is -2.08. The predicted octanol–water partition coefficient (Wildman–Crippen LogP) is 3.82. The van der Waals surface area contributed by atoms with E-state index in [1.165, 1.54) is 17.5 Å². The highest BCUT2D eigenvalue weighted by Gasteiger charge is 2.02. The molecule has 1 aromatic heterocycles. The van der Waals surface area contributed by atoms with Crippen molar-refractivity contribution in [2.24, 2.45) is 5.92 Å². The third kappa shape index (κ3) is 2.35. The molecule has 78 valence electrons. The molecule has 0 fully saturated rings. The molecule has 1 heterocycles. The molecule has 0 aliphatic rings. The fourth-order valence-corrected chi connectivity index (χ4v) is 1.72. The summed E-state index contributed by atoms with van der Waals surface area (Å²) in [7, 11) is 0. The van der Waals surface area contributed by atoms with Gasteiger partial charge in [-0.1, -0.05) is 44.5 Å². The van der Waals surface area contributed by atoms with Gasteiger partial charge in [0.15, 0.2) is 0 Å². The number of aromatic nitrogens is 1. The summed E-state index contributed by atoms with van der Waals surface area (Å²) in [6.45, 7) is 4.50. The molecule has 1 aromatic carbocycles. The molecule has 1 nitrogen and oxygen atoms in total. The molecule has 15 heavy (non-hydrogen) atoms. The van der Waals surface area contributed by atoms with E-state index in [1.807, 2.05) is 6.07 Å². The van der Waals surface area contributed by atoms with Gasteiger partial charge in [0.1, 0.15) is 0 Å². The monoisotopic (exact) mass is 199 g/mol. The second-order valence-electron chi connectivity index (χ2n) is 4.21. The summed E-state index contributed by atoms with van der Waals surface area (Å²) in [6.07, 6.45) is 2.30. The normalized spacial score (nSPS) is 12.9. The van der Waals surface area contributed by atoms with Gasteiger partial charge in [0.2, 0.25) is 0 Å². The largest absolute Gasteiger partial charge is 0.253 e. The molecule has 0 aliphatic heterocycles. The van der Waals surface area contributed by atoms with Crippen LogP contribution in [0.2, 0.25) is 0 Å². The van der Waals surface area contributed by atoms with Crippen LogP contribution in [0, 0.1) is 5.92 Å². The predicted molar refractivity (Wildman–Crippen MR) is 64.9 cm³/mol. The van der Waals surface area contributed by atoms with Crippen molar-refractivity contribution in [3.8, 4) is 0 Å². The Hall–Kier alpha value is -1.37. The molecule has 1 atom stereocenters. The van der Waals surface area contributed by atoms with E-state index in [0.29, 0.717) is 0 Å². The van der Waals surface area contributed by atoms with E-state index in [1.54, 1.807) is 0 Å². The van der Waals surface area contributed by atoms with Gasteiger partial charge in [0.25, 0.3) is 0 Å². The van der Waals surface area contributed by atoms with Gasteiger partial charge in [-0.3, -0.25) is 4.98 Å². The van der Waals surface area contributed by atoms with Crippen LogP contribution in [0.1, 0.15) is 26.0 Å².